The number of carbonyl (C=O) groups is 1. The molecule has 1 fully saturated rings. The summed E-state index contributed by atoms with van der Waals surface area (Å²) in [5, 5.41) is 11.9. The number of halogens is 3. The Bertz CT molecular complexity index is 2220. The number of ether oxygens (including phenoxy) is 2. The molecule has 0 spiro atoms. The Morgan fingerprint density at radius 3 is 2.60 bits per heavy atom. The lowest BCUT2D eigenvalue weighted by Gasteiger charge is -2.27. The van der Waals surface area contributed by atoms with Crippen molar-refractivity contribution < 1.29 is 32.5 Å². The number of nitrogens with zero attached hydrogens (tertiary/aromatic N) is 4. The molecule has 1 atom stereocenters. The lowest BCUT2D eigenvalue weighted by Crippen LogP contribution is -2.31. The molecule has 6 aromatic rings. The van der Waals surface area contributed by atoms with Crippen molar-refractivity contribution in [2.75, 3.05) is 6.61 Å². The highest BCUT2D eigenvalue weighted by molar-refractivity contribution is 7.10. The number of benzene rings is 3. The second kappa shape index (κ2) is 13.3. The molecule has 0 aliphatic carbocycles. The highest BCUT2D eigenvalue weighted by atomic mass is 32.1. The number of aromatic nitrogens is 4. The van der Waals surface area contributed by atoms with Gasteiger partial charge in [0.1, 0.15) is 29.9 Å². The molecule has 240 valence electrons. The first-order chi connectivity index (χ1) is 23.3. The van der Waals surface area contributed by atoms with Crippen LogP contribution in [0.5, 0.6) is 5.88 Å². The van der Waals surface area contributed by atoms with E-state index in [-0.39, 0.29) is 53.0 Å². The van der Waals surface area contributed by atoms with Crippen LogP contribution in [0.25, 0.3) is 22.3 Å². The second-order valence-corrected chi connectivity index (χ2v) is 12.0. The maximum absolute atomic E-state index is 15.6. The zero-order valence-electron chi connectivity index (χ0n) is 25.1. The molecule has 4 heterocycles. The first-order valence-corrected chi connectivity index (χ1v) is 15.8. The third-order valence-electron chi connectivity index (χ3n) is 7.91. The van der Waals surface area contributed by atoms with Gasteiger partial charge in [0.25, 0.3) is 0 Å². The second-order valence-electron chi connectivity index (χ2n) is 11.1. The molecule has 0 unspecified atom stereocenters. The molecule has 48 heavy (non-hydrogen) atoms. The molecule has 7 rings (SSSR count). The van der Waals surface area contributed by atoms with Gasteiger partial charge in [-0.25, -0.2) is 32.9 Å². The summed E-state index contributed by atoms with van der Waals surface area (Å²) in [6, 6.07) is 16.0. The Balaban J connectivity index is 1.09. The van der Waals surface area contributed by atoms with Gasteiger partial charge in [0, 0.05) is 47.4 Å². The Hall–Kier alpha value is -5.51. The minimum absolute atomic E-state index is 0.0374. The fourth-order valence-corrected chi connectivity index (χ4v) is 5.80. The van der Waals surface area contributed by atoms with Gasteiger partial charge in [-0.05, 0) is 66.4 Å². The number of imidazole rings is 1. The van der Waals surface area contributed by atoms with E-state index in [4.69, 9.17) is 9.47 Å². The van der Waals surface area contributed by atoms with Crippen molar-refractivity contribution in [3.8, 4) is 29.0 Å². The molecule has 12 heteroatoms. The normalized spacial score (nSPS) is 13.9. The van der Waals surface area contributed by atoms with E-state index in [0.717, 1.165) is 18.6 Å². The Morgan fingerprint density at radius 1 is 1.00 bits per heavy atom. The SMILES string of the molecule is O=C(O)c1ccc2nc(Cc3cc(F)c(-c4cccc(OCc5ccc(C#Cc6nccs6)cc5F)n4)cc3F)n(C[C@@H]3CCO3)c2c1. The average Bonchev–Trinajstić information content (AvgIpc) is 3.70. The van der Waals surface area contributed by atoms with Crippen LogP contribution in [0.4, 0.5) is 13.2 Å². The summed E-state index contributed by atoms with van der Waals surface area (Å²) in [7, 11) is 0. The molecule has 3 aromatic heterocycles. The van der Waals surface area contributed by atoms with Crippen molar-refractivity contribution in [2.24, 2.45) is 0 Å². The zero-order valence-corrected chi connectivity index (χ0v) is 25.9. The predicted octanol–water partition coefficient (Wildman–Crippen LogP) is 7.03. The molecule has 8 nitrogen and oxygen atoms in total. The average molecular weight is 667 g/mol. The van der Waals surface area contributed by atoms with E-state index >= 15 is 8.78 Å². The van der Waals surface area contributed by atoms with E-state index in [0.29, 0.717) is 40.6 Å². The van der Waals surface area contributed by atoms with E-state index in [1.165, 1.54) is 35.6 Å². The quantitative estimate of drug-likeness (QED) is 0.166. The number of carboxylic acids is 1. The molecule has 0 radical (unpaired) electrons. The van der Waals surface area contributed by atoms with Crippen molar-refractivity contribution in [3.63, 3.8) is 0 Å². The largest absolute Gasteiger partial charge is 0.478 e. The van der Waals surface area contributed by atoms with Crippen LogP contribution >= 0.6 is 11.3 Å². The number of carboxylic acid groups (broad SMARTS) is 1. The van der Waals surface area contributed by atoms with Crippen LogP contribution in [0.3, 0.4) is 0 Å². The van der Waals surface area contributed by atoms with Crippen molar-refractivity contribution in [2.45, 2.75) is 32.1 Å². The third kappa shape index (κ3) is 6.64. The van der Waals surface area contributed by atoms with Crippen LogP contribution in [0.2, 0.25) is 0 Å². The number of fused-ring (bicyclic) bond motifs is 1. The van der Waals surface area contributed by atoms with Crippen LogP contribution in [0.1, 0.15) is 44.3 Å². The minimum Gasteiger partial charge on any atom is -0.478 e. The molecular weight excluding hydrogens is 641 g/mol. The molecule has 0 amide bonds. The van der Waals surface area contributed by atoms with Crippen LogP contribution in [-0.4, -0.2) is 43.3 Å². The fourth-order valence-electron chi connectivity index (χ4n) is 5.32. The lowest BCUT2D eigenvalue weighted by atomic mass is 10.0. The molecule has 1 saturated heterocycles. The van der Waals surface area contributed by atoms with Crippen molar-refractivity contribution in [1.29, 1.82) is 0 Å². The van der Waals surface area contributed by atoms with Crippen molar-refractivity contribution in [3.05, 3.63) is 129 Å². The van der Waals surface area contributed by atoms with E-state index in [1.807, 2.05) is 9.95 Å². The highest BCUT2D eigenvalue weighted by Crippen LogP contribution is 2.29. The van der Waals surface area contributed by atoms with Crippen molar-refractivity contribution in [1.82, 2.24) is 19.5 Å². The third-order valence-corrected chi connectivity index (χ3v) is 8.60. The van der Waals surface area contributed by atoms with Crippen molar-refractivity contribution >= 4 is 28.3 Å². The summed E-state index contributed by atoms with van der Waals surface area (Å²) in [6.45, 7) is 0.894. The van der Waals surface area contributed by atoms with Gasteiger partial charge in [0.2, 0.25) is 5.88 Å². The monoisotopic (exact) mass is 666 g/mol. The van der Waals surface area contributed by atoms with E-state index in [1.54, 1.807) is 36.5 Å². The Kier molecular flexibility index (Phi) is 8.63. The molecule has 1 aliphatic rings. The summed E-state index contributed by atoms with van der Waals surface area (Å²) in [6.07, 6.45) is 2.36. The summed E-state index contributed by atoms with van der Waals surface area (Å²) in [5.41, 5.74) is 2.13. The molecular formula is C36H25F3N4O4S. The smallest absolute Gasteiger partial charge is 0.335 e. The molecule has 1 N–H and O–H groups in total. The molecule has 1 aliphatic heterocycles. The molecule has 0 bridgehead atoms. The van der Waals surface area contributed by atoms with Crippen LogP contribution < -0.4 is 4.74 Å². The molecule has 0 saturated carbocycles. The fraction of sp³-hybridized carbons (Fsp3) is 0.167. The van der Waals surface area contributed by atoms with Gasteiger partial charge in [-0.2, -0.15) is 0 Å². The first-order valence-electron chi connectivity index (χ1n) is 14.9. The summed E-state index contributed by atoms with van der Waals surface area (Å²) in [4.78, 5) is 24.6. The van der Waals surface area contributed by atoms with Crippen LogP contribution in [0.15, 0.2) is 78.3 Å². The molecule has 3 aromatic carbocycles. The maximum atomic E-state index is 15.6. The Labute approximate surface area is 276 Å². The van der Waals surface area contributed by atoms with E-state index in [2.05, 4.69) is 26.8 Å². The van der Waals surface area contributed by atoms with E-state index in [9.17, 15) is 14.3 Å². The van der Waals surface area contributed by atoms with E-state index < -0.39 is 23.4 Å². The maximum Gasteiger partial charge on any atom is 0.335 e. The summed E-state index contributed by atoms with van der Waals surface area (Å²) < 4.78 is 59.0. The van der Waals surface area contributed by atoms with Crippen LogP contribution in [-0.2, 0) is 24.3 Å². The number of thiazole rings is 1. The minimum atomic E-state index is -1.08. The zero-order chi connectivity index (χ0) is 33.2. The van der Waals surface area contributed by atoms with Gasteiger partial charge in [0.15, 0.2) is 5.01 Å². The number of aromatic carboxylic acids is 1. The number of rotatable bonds is 9. The summed E-state index contributed by atoms with van der Waals surface area (Å²) in [5.74, 6) is 3.38. The van der Waals surface area contributed by atoms with Gasteiger partial charge < -0.3 is 19.1 Å². The van der Waals surface area contributed by atoms with Gasteiger partial charge in [-0.15, -0.1) is 11.3 Å². The lowest BCUT2D eigenvalue weighted by molar-refractivity contribution is -0.0589. The first kappa shape index (κ1) is 31.1. The predicted molar refractivity (Wildman–Crippen MR) is 172 cm³/mol. The van der Waals surface area contributed by atoms with Gasteiger partial charge in [-0.1, -0.05) is 18.1 Å². The van der Waals surface area contributed by atoms with Gasteiger partial charge in [-0.3, -0.25) is 0 Å². The topological polar surface area (TPSA) is 99.4 Å². The summed E-state index contributed by atoms with van der Waals surface area (Å²) >= 11 is 1.39. The van der Waals surface area contributed by atoms with Gasteiger partial charge >= 0.3 is 5.97 Å². The number of hydrogen-bond acceptors (Lipinski definition) is 7. The number of hydrogen-bond donors (Lipinski definition) is 1. The standard InChI is InChI=1S/C36H25F3N4O4S/c37-27-14-21(5-9-35-40-11-13-48-35)4-6-23(27)20-47-34-3-1-2-30(42-34)26-18-28(38)24(15-29(26)39)17-33-41-31-8-7-22(36(44)45)16-32(31)43(33)19-25-10-12-46-25/h1-4,6-8,11,13-16,18,25H,10,12,17,19-20H2,(H,44,45)/t25-/m0/s1. The Morgan fingerprint density at radius 2 is 1.85 bits per heavy atom. The van der Waals surface area contributed by atoms with Gasteiger partial charge in [0.05, 0.1) is 34.9 Å². The van der Waals surface area contributed by atoms with Crippen LogP contribution in [0, 0.1) is 29.3 Å². The highest BCUT2D eigenvalue weighted by Gasteiger charge is 2.24. The number of pyridine rings is 1.